The summed E-state index contributed by atoms with van der Waals surface area (Å²) in [5.74, 6) is 0.767. The van der Waals surface area contributed by atoms with Gasteiger partial charge in [-0.1, -0.05) is 44.4 Å². The highest BCUT2D eigenvalue weighted by molar-refractivity contribution is 5.85. The first-order valence-electron chi connectivity index (χ1n) is 7.38. The van der Waals surface area contributed by atoms with Crippen LogP contribution in [0.15, 0.2) is 30.3 Å². The van der Waals surface area contributed by atoms with Crippen LogP contribution in [0.25, 0.3) is 0 Å². The SMILES string of the molecule is CCC1CCCCC1NC(=O)CNc1ccccc1.Cl. The normalized spacial score (nSPS) is 21.6. The van der Waals surface area contributed by atoms with Crippen LogP contribution in [0.4, 0.5) is 5.69 Å². The van der Waals surface area contributed by atoms with Gasteiger partial charge in [-0.15, -0.1) is 12.4 Å². The Balaban J connectivity index is 0.00000200. The highest BCUT2D eigenvalue weighted by Gasteiger charge is 2.24. The van der Waals surface area contributed by atoms with Crippen LogP contribution in [0.5, 0.6) is 0 Å². The van der Waals surface area contributed by atoms with E-state index in [9.17, 15) is 4.79 Å². The number of anilines is 1. The van der Waals surface area contributed by atoms with Crippen molar-refractivity contribution in [3.05, 3.63) is 30.3 Å². The van der Waals surface area contributed by atoms with Gasteiger partial charge in [0, 0.05) is 11.7 Å². The lowest BCUT2D eigenvalue weighted by Gasteiger charge is -2.31. The first-order chi connectivity index (χ1) is 9.29. The minimum Gasteiger partial charge on any atom is -0.376 e. The van der Waals surface area contributed by atoms with Crippen molar-refractivity contribution in [2.75, 3.05) is 11.9 Å². The number of carbonyl (C=O) groups is 1. The van der Waals surface area contributed by atoms with Crippen LogP contribution in [0.2, 0.25) is 0 Å². The van der Waals surface area contributed by atoms with E-state index in [1.807, 2.05) is 30.3 Å². The zero-order chi connectivity index (χ0) is 13.5. The molecule has 0 saturated heterocycles. The highest BCUT2D eigenvalue weighted by atomic mass is 35.5. The maximum absolute atomic E-state index is 12.0. The number of halogens is 1. The summed E-state index contributed by atoms with van der Waals surface area (Å²) in [4.78, 5) is 12.0. The van der Waals surface area contributed by atoms with E-state index in [4.69, 9.17) is 0 Å². The van der Waals surface area contributed by atoms with Crippen molar-refractivity contribution in [1.82, 2.24) is 5.32 Å². The first-order valence-corrected chi connectivity index (χ1v) is 7.38. The number of para-hydroxylation sites is 1. The summed E-state index contributed by atoms with van der Waals surface area (Å²) < 4.78 is 0. The lowest BCUT2D eigenvalue weighted by molar-refractivity contribution is -0.120. The second-order valence-corrected chi connectivity index (χ2v) is 5.35. The van der Waals surface area contributed by atoms with Crippen LogP contribution < -0.4 is 10.6 Å². The molecule has 112 valence electrons. The zero-order valence-electron chi connectivity index (χ0n) is 12.1. The van der Waals surface area contributed by atoms with Crippen molar-refractivity contribution >= 4 is 24.0 Å². The van der Waals surface area contributed by atoms with Gasteiger partial charge in [-0.05, 0) is 30.9 Å². The average Bonchev–Trinajstić information content (AvgIpc) is 2.47. The van der Waals surface area contributed by atoms with Gasteiger partial charge < -0.3 is 10.6 Å². The van der Waals surface area contributed by atoms with Crippen molar-refractivity contribution in [2.24, 2.45) is 5.92 Å². The van der Waals surface area contributed by atoms with E-state index < -0.39 is 0 Å². The van der Waals surface area contributed by atoms with E-state index in [1.54, 1.807) is 0 Å². The van der Waals surface area contributed by atoms with Crippen LogP contribution in [-0.4, -0.2) is 18.5 Å². The summed E-state index contributed by atoms with van der Waals surface area (Å²) in [6, 6.07) is 10.2. The maximum Gasteiger partial charge on any atom is 0.239 e. The third kappa shape index (κ3) is 5.04. The molecule has 1 aromatic carbocycles. The summed E-state index contributed by atoms with van der Waals surface area (Å²) >= 11 is 0. The van der Waals surface area contributed by atoms with Crippen LogP contribution in [0, 0.1) is 5.92 Å². The minimum absolute atomic E-state index is 0. The number of carbonyl (C=O) groups excluding carboxylic acids is 1. The Morgan fingerprint density at radius 3 is 2.60 bits per heavy atom. The summed E-state index contributed by atoms with van der Waals surface area (Å²) in [7, 11) is 0. The third-order valence-electron chi connectivity index (χ3n) is 4.01. The van der Waals surface area contributed by atoms with E-state index >= 15 is 0 Å². The second-order valence-electron chi connectivity index (χ2n) is 5.35. The second kappa shape index (κ2) is 8.85. The van der Waals surface area contributed by atoms with E-state index in [2.05, 4.69) is 17.6 Å². The van der Waals surface area contributed by atoms with Crippen molar-refractivity contribution in [3.63, 3.8) is 0 Å². The largest absolute Gasteiger partial charge is 0.376 e. The molecule has 0 spiro atoms. The molecular weight excluding hydrogens is 272 g/mol. The summed E-state index contributed by atoms with van der Waals surface area (Å²) in [6.07, 6.45) is 6.11. The fraction of sp³-hybridized carbons (Fsp3) is 0.562. The molecule has 2 N–H and O–H groups in total. The smallest absolute Gasteiger partial charge is 0.239 e. The van der Waals surface area contributed by atoms with Gasteiger partial charge in [0.1, 0.15) is 0 Å². The maximum atomic E-state index is 12.0. The molecule has 0 heterocycles. The molecular formula is C16H25ClN2O. The number of hydrogen-bond acceptors (Lipinski definition) is 2. The molecule has 1 aromatic rings. The predicted molar refractivity (Wildman–Crippen MR) is 86.4 cm³/mol. The van der Waals surface area contributed by atoms with Gasteiger partial charge in [-0.3, -0.25) is 4.79 Å². The van der Waals surface area contributed by atoms with Crippen LogP contribution in [0.1, 0.15) is 39.0 Å². The molecule has 0 bridgehead atoms. The van der Waals surface area contributed by atoms with Crippen LogP contribution in [0.3, 0.4) is 0 Å². The van der Waals surface area contributed by atoms with Gasteiger partial charge >= 0.3 is 0 Å². The summed E-state index contributed by atoms with van der Waals surface area (Å²) in [6.45, 7) is 2.58. The average molecular weight is 297 g/mol. The third-order valence-corrected chi connectivity index (χ3v) is 4.01. The molecule has 2 rings (SSSR count). The van der Waals surface area contributed by atoms with Gasteiger partial charge in [-0.2, -0.15) is 0 Å². The fourth-order valence-corrected chi connectivity index (χ4v) is 2.88. The zero-order valence-corrected chi connectivity index (χ0v) is 12.9. The number of rotatable bonds is 5. The topological polar surface area (TPSA) is 41.1 Å². The van der Waals surface area contributed by atoms with E-state index in [-0.39, 0.29) is 18.3 Å². The molecule has 4 heteroatoms. The van der Waals surface area contributed by atoms with Crippen molar-refractivity contribution in [3.8, 4) is 0 Å². The van der Waals surface area contributed by atoms with Crippen molar-refractivity contribution in [1.29, 1.82) is 0 Å². The molecule has 1 fully saturated rings. The molecule has 1 aliphatic rings. The number of hydrogen-bond donors (Lipinski definition) is 2. The molecule has 0 radical (unpaired) electrons. The summed E-state index contributed by atoms with van der Waals surface area (Å²) in [5.41, 5.74) is 0.994. The summed E-state index contributed by atoms with van der Waals surface area (Å²) in [5, 5.41) is 6.34. The van der Waals surface area contributed by atoms with E-state index in [1.165, 1.54) is 19.3 Å². The Hall–Kier alpha value is -1.22. The van der Waals surface area contributed by atoms with Gasteiger partial charge in [0.05, 0.1) is 6.54 Å². The Kier molecular flexibility index (Phi) is 7.45. The lowest BCUT2D eigenvalue weighted by Crippen LogP contribution is -2.44. The fourth-order valence-electron chi connectivity index (χ4n) is 2.88. The Bertz CT molecular complexity index is 397. The molecule has 3 nitrogen and oxygen atoms in total. The van der Waals surface area contributed by atoms with Crippen LogP contribution >= 0.6 is 12.4 Å². The molecule has 1 saturated carbocycles. The lowest BCUT2D eigenvalue weighted by atomic mass is 9.83. The Labute approximate surface area is 127 Å². The molecule has 20 heavy (non-hydrogen) atoms. The Morgan fingerprint density at radius 2 is 1.90 bits per heavy atom. The van der Waals surface area contributed by atoms with Gasteiger partial charge in [0.15, 0.2) is 0 Å². The number of amides is 1. The quantitative estimate of drug-likeness (QED) is 0.871. The monoisotopic (exact) mass is 296 g/mol. The van der Waals surface area contributed by atoms with Gasteiger partial charge in [0.2, 0.25) is 5.91 Å². The van der Waals surface area contributed by atoms with E-state index in [0.717, 1.165) is 18.5 Å². The highest BCUT2D eigenvalue weighted by Crippen LogP contribution is 2.26. The van der Waals surface area contributed by atoms with Crippen molar-refractivity contribution in [2.45, 2.75) is 45.1 Å². The molecule has 0 aliphatic heterocycles. The number of nitrogens with one attached hydrogen (secondary N) is 2. The predicted octanol–water partition coefficient (Wildman–Crippen LogP) is 3.61. The molecule has 2 atom stereocenters. The van der Waals surface area contributed by atoms with Gasteiger partial charge in [0.25, 0.3) is 0 Å². The molecule has 2 unspecified atom stereocenters. The minimum atomic E-state index is 0. The number of benzene rings is 1. The van der Waals surface area contributed by atoms with Crippen LogP contribution in [-0.2, 0) is 4.79 Å². The first kappa shape index (κ1) is 16.8. The standard InChI is InChI=1S/C16H24N2O.ClH/c1-2-13-8-6-7-11-15(13)18-16(19)12-17-14-9-4-3-5-10-14;/h3-5,9-10,13,15,17H,2,6-8,11-12H2,1H3,(H,18,19);1H. The molecule has 1 aliphatic carbocycles. The van der Waals surface area contributed by atoms with Gasteiger partial charge in [-0.25, -0.2) is 0 Å². The van der Waals surface area contributed by atoms with Crippen molar-refractivity contribution < 1.29 is 4.79 Å². The molecule has 1 amide bonds. The molecule has 0 aromatic heterocycles. The van der Waals surface area contributed by atoms with E-state index in [0.29, 0.717) is 18.5 Å². The Morgan fingerprint density at radius 1 is 1.20 bits per heavy atom.